The number of thiazole rings is 1. The molecule has 7 heteroatoms. The maximum absolute atomic E-state index is 13.9. The predicted octanol–water partition coefficient (Wildman–Crippen LogP) is 5.41. The van der Waals surface area contributed by atoms with Crippen LogP contribution in [0.1, 0.15) is 30.9 Å². The summed E-state index contributed by atoms with van der Waals surface area (Å²) in [6, 6.07) is 10.6. The Morgan fingerprint density at radius 3 is 2.69 bits per heavy atom. The maximum atomic E-state index is 13.9. The Balaban J connectivity index is 1.62. The third-order valence-electron chi connectivity index (χ3n) is 4.44. The average molecular weight is 415 g/mol. The number of hydrogen-bond donors (Lipinski definition) is 1. The molecule has 0 fully saturated rings. The van der Waals surface area contributed by atoms with Crippen molar-refractivity contribution in [3.63, 3.8) is 0 Å². The molecule has 0 saturated carbocycles. The van der Waals surface area contributed by atoms with Crippen LogP contribution in [0.2, 0.25) is 0 Å². The van der Waals surface area contributed by atoms with E-state index in [1.807, 2.05) is 19.1 Å². The van der Waals surface area contributed by atoms with Crippen LogP contribution in [0.5, 0.6) is 11.5 Å². The van der Waals surface area contributed by atoms with E-state index in [0.717, 1.165) is 11.1 Å². The Bertz CT molecular complexity index is 1020. The van der Waals surface area contributed by atoms with Gasteiger partial charge in [0, 0.05) is 10.9 Å². The number of aromatic nitrogens is 1. The van der Waals surface area contributed by atoms with E-state index in [4.69, 9.17) is 9.47 Å². The molecule has 5 nitrogen and oxygen atoms in total. The highest BCUT2D eigenvalue weighted by molar-refractivity contribution is 7.14. The number of methoxy groups -OCH3 is 1. The first-order valence-electron chi connectivity index (χ1n) is 9.20. The zero-order valence-electron chi connectivity index (χ0n) is 16.8. The minimum Gasteiger partial charge on any atom is -0.494 e. The number of nitrogens with one attached hydrogen (secondary N) is 1. The number of nitrogens with zero attached hydrogens (tertiary/aromatic N) is 1. The number of halogens is 1. The minimum absolute atomic E-state index is 0.117. The van der Waals surface area contributed by atoms with Gasteiger partial charge in [0.1, 0.15) is 5.75 Å². The van der Waals surface area contributed by atoms with Crippen molar-refractivity contribution >= 4 is 22.4 Å². The second-order valence-corrected chi connectivity index (χ2v) is 7.76. The molecule has 0 radical (unpaired) electrons. The molecule has 3 aromatic rings. The third kappa shape index (κ3) is 5.12. The standard InChI is InChI=1S/C22H23FN2O3S/c1-13(2)15-6-5-14(3)20(10-15)28-11-21(26)25-22-24-18(12-29-22)16-7-8-19(27-4)17(23)9-16/h5-10,12-13H,11H2,1-4H3,(H,24,25,26). The Kier molecular flexibility index (Phi) is 6.49. The monoisotopic (exact) mass is 414 g/mol. The summed E-state index contributed by atoms with van der Waals surface area (Å²) in [6.07, 6.45) is 0. The summed E-state index contributed by atoms with van der Waals surface area (Å²) in [5.41, 5.74) is 3.31. The number of ether oxygens (including phenoxy) is 2. The molecule has 29 heavy (non-hydrogen) atoms. The van der Waals surface area contributed by atoms with Gasteiger partial charge in [0.05, 0.1) is 12.8 Å². The fourth-order valence-electron chi connectivity index (χ4n) is 2.72. The van der Waals surface area contributed by atoms with Gasteiger partial charge in [-0.05, 0) is 48.2 Å². The van der Waals surface area contributed by atoms with Crippen LogP contribution in [0.15, 0.2) is 41.8 Å². The lowest BCUT2D eigenvalue weighted by molar-refractivity contribution is -0.118. The number of aryl methyl sites for hydroxylation is 1. The highest BCUT2D eigenvalue weighted by atomic mass is 32.1. The van der Waals surface area contributed by atoms with Gasteiger partial charge in [-0.25, -0.2) is 9.37 Å². The van der Waals surface area contributed by atoms with Crippen LogP contribution in [-0.4, -0.2) is 24.6 Å². The number of rotatable bonds is 7. The second kappa shape index (κ2) is 9.05. The average Bonchev–Trinajstić information content (AvgIpc) is 3.15. The highest BCUT2D eigenvalue weighted by Gasteiger charge is 2.12. The number of carbonyl (C=O) groups excluding carboxylic acids is 1. The number of carbonyl (C=O) groups is 1. The molecule has 152 valence electrons. The first-order chi connectivity index (χ1) is 13.9. The van der Waals surface area contributed by atoms with E-state index >= 15 is 0 Å². The number of hydrogen-bond acceptors (Lipinski definition) is 5. The molecule has 0 atom stereocenters. The van der Waals surface area contributed by atoms with E-state index in [2.05, 4.69) is 30.2 Å². The van der Waals surface area contributed by atoms with Crippen LogP contribution >= 0.6 is 11.3 Å². The first kappa shape index (κ1) is 20.8. The van der Waals surface area contributed by atoms with Gasteiger partial charge < -0.3 is 9.47 Å². The fraction of sp³-hybridized carbons (Fsp3) is 0.273. The van der Waals surface area contributed by atoms with Gasteiger partial charge in [-0.3, -0.25) is 10.1 Å². The first-order valence-corrected chi connectivity index (χ1v) is 10.1. The molecule has 1 amide bonds. The van der Waals surface area contributed by atoms with Crippen LogP contribution in [0.3, 0.4) is 0 Å². The van der Waals surface area contributed by atoms with Crippen LogP contribution in [0, 0.1) is 12.7 Å². The minimum atomic E-state index is -0.462. The lowest BCUT2D eigenvalue weighted by Gasteiger charge is -2.12. The second-order valence-electron chi connectivity index (χ2n) is 6.90. The van der Waals surface area contributed by atoms with Crippen molar-refractivity contribution < 1.29 is 18.7 Å². The summed E-state index contributed by atoms with van der Waals surface area (Å²) in [5, 5.41) is 4.91. The molecule has 2 aromatic carbocycles. The van der Waals surface area contributed by atoms with E-state index in [9.17, 15) is 9.18 Å². The highest BCUT2D eigenvalue weighted by Crippen LogP contribution is 2.28. The molecule has 0 bridgehead atoms. The number of benzene rings is 2. The summed E-state index contributed by atoms with van der Waals surface area (Å²) in [7, 11) is 1.41. The smallest absolute Gasteiger partial charge is 0.264 e. The topological polar surface area (TPSA) is 60.5 Å². The summed E-state index contributed by atoms with van der Waals surface area (Å²) >= 11 is 1.27. The summed E-state index contributed by atoms with van der Waals surface area (Å²) < 4.78 is 24.5. The molecule has 1 N–H and O–H groups in total. The van der Waals surface area contributed by atoms with Crippen LogP contribution in [0.25, 0.3) is 11.3 Å². The Morgan fingerprint density at radius 2 is 2.00 bits per heavy atom. The summed E-state index contributed by atoms with van der Waals surface area (Å²) in [6.45, 7) is 6.04. The molecule has 1 heterocycles. The lowest BCUT2D eigenvalue weighted by atomic mass is 10.0. The molecular weight excluding hydrogens is 391 g/mol. The molecule has 0 aliphatic carbocycles. The molecule has 0 aliphatic heterocycles. The van der Waals surface area contributed by atoms with Crippen LogP contribution in [-0.2, 0) is 4.79 Å². The van der Waals surface area contributed by atoms with Crippen molar-refractivity contribution in [2.45, 2.75) is 26.7 Å². The van der Waals surface area contributed by atoms with Crippen molar-refractivity contribution in [3.05, 3.63) is 58.7 Å². The normalized spacial score (nSPS) is 10.8. The fourth-order valence-corrected chi connectivity index (χ4v) is 3.46. The van der Waals surface area contributed by atoms with Gasteiger partial charge >= 0.3 is 0 Å². The van der Waals surface area contributed by atoms with E-state index < -0.39 is 5.82 Å². The molecular formula is C22H23FN2O3S. The van der Waals surface area contributed by atoms with Gasteiger partial charge in [-0.1, -0.05) is 26.0 Å². The largest absolute Gasteiger partial charge is 0.494 e. The van der Waals surface area contributed by atoms with Gasteiger partial charge in [-0.2, -0.15) is 0 Å². The van der Waals surface area contributed by atoms with Crippen LogP contribution < -0.4 is 14.8 Å². The molecule has 0 aliphatic rings. The van der Waals surface area contributed by atoms with E-state index in [1.165, 1.54) is 24.5 Å². The molecule has 3 rings (SSSR count). The van der Waals surface area contributed by atoms with Gasteiger partial charge in [0.25, 0.3) is 5.91 Å². The van der Waals surface area contributed by atoms with Gasteiger partial charge in [0.2, 0.25) is 0 Å². The van der Waals surface area contributed by atoms with Crippen molar-refractivity contribution in [3.8, 4) is 22.8 Å². The number of anilines is 1. The Labute approximate surface area is 173 Å². The Hall–Kier alpha value is -2.93. The van der Waals surface area contributed by atoms with Crippen molar-refractivity contribution in [1.29, 1.82) is 0 Å². The van der Waals surface area contributed by atoms with Crippen molar-refractivity contribution in [2.75, 3.05) is 19.0 Å². The Morgan fingerprint density at radius 1 is 1.21 bits per heavy atom. The SMILES string of the molecule is COc1ccc(-c2csc(NC(=O)COc3cc(C(C)C)ccc3C)n2)cc1F. The molecule has 0 saturated heterocycles. The summed E-state index contributed by atoms with van der Waals surface area (Å²) in [4.78, 5) is 16.6. The van der Waals surface area contributed by atoms with Gasteiger partial charge in [0.15, 0.2) is 23.3 Å². The lowest BCUT2D eigenvalue weighted by Crippen LogP contribution is -2.20. The van der Waals surface area contributed by atoms with E-state index in [0.29, 0.717) is 28.1 Å². The van der Waals surface area contributed by atoms with Crippen molar-refractivity contribution in [1.82, 2.24) is 4.98 Å². The van der Waals surface area contributed by atoms with Crippen molar-refractivity contribution in [2.24, 2.45) is 0 Å². The zero-order valence-corrected chi connectivity index (χ0v) is 17.6. The van der Waals surface area contributed by atoms with E-state index in [1.54, 1.807) is 17.5 Å². The quantitative estimate of drug-likeness (QED) is 0.562. The number of amides is 1. The van der Waals surface area contributed by atoms with Crippen LogP contribution in [0.4, 0.5) is 9.52 Å². The molecule has 1 aromatic heterocycles. The van der Waals surface area contributed by atoms with Gasteiger partial charge in [-0.15, -0.1) is 11.3 Å². The predicted molar refractivity (Wildman–Crippen MR) is 113 cm³/mol. The molecule has 0 spiro atoms. The third-order valence-corrected chi connectivity index (χ3v) is 5.19. The summed E-state index contributed by atoms with van der Waals surface area (Å²) in [5.74, 6) is 0.479. The van der Waals surface area contributed by atoms with E-state index in [-0.39, 0.29) is 18.3 Å². The zero-order chi connectivity index (χ0) is 21.0. The molecule has 0 unspecified atom stereocenters. The maximum Gasteiger partial charge on any atom is 0.264 e.